The van der Waals surface area contributed by atoms with Crippen LogP contribution in [-0.4, -0.2) is 64.0 Å². The van der Waals surface area contributed by atoms with Crippen molar-refractivity contribution in [3.63, 3.8) is 0 Å². The fourth-order valence-corrected chi connectivity index (χ4v) is 7.54. The highest BCUT2D eigenvalue weighted by molar-refractivity contribution is 7.66. The average molecular weight is 687 g/mol. The van der Waals surface area contributed by atoms with Gasteiger partial charge in [0, 0.05) is 0 Å². The number of hydrogen-bond acceptors (Lipinski definition) is 13. The number of fused-ring (bicyclic) bond motifs is 1. The summed E-state index contributed by atoms with van der Waals surface area (Å²) >= 11 is 0. The Labute approximate surface area is 255 Å². The molecule has 2 unspecified atom stereocenters. The third kappa shape index (κ3) is 8.87. The summed E-state index contributed by atoms with van der Waals surface area (Å²) in [5.41, 5.74) is 8.13. The number of nitrogen functional groups attached to an aromatic ring is 1. The highest BCUT2D eigenvalue weighted by Gasteiger charge is 2.49. The number of phosphoric acid groups is 3. The van der Waals surface area contributed by atoms with Crippen LogP contribution in [0.15, 0.2) is 73.3 Å². The van der Waals surface area contributed by atoms with E-state index in [1.807, 2.05) is 60.7 Å². The van der Waals surface area contributed by atoms with Gasteiger partial charge in [-0.25, -0.2) is 28.6 Å². The second-order valence-electron chi connectivity index (χ2n) is 9.56. The van der Waals surface area contributed by atoms with Crippen LogP contribution in [0, 0.1) is 0 Å². The zero-order chi connectivity index (χ0) is 32.2. The van der Waals surface area contributed by atoms with Crippen LogP contribution < -0.4 is 5.73 Å². The first-order valence-electron chi connectivity index (χ1n) is 13.0. The van der Waals surface area contributed by atoms with Crippen molar-refractivity contribution in [3.05, 3.63) is 84.4 Å². The van der Waals surface area contributed by atoms with Gasteiger partial charge < -0.3 is 39.5 Å². The molecule has 18 nitrogen and oxygen atoms in total. The first-order chi connectivity index (χ1) is 21.3. The highest BCUT2D eigenvalue weighted by atomic mass is 31.3. The largest absolute Gasteiger partial charge is 0.490 e. The Bertz CT molecular complexity index is 1740. The molecule has 1 fully saturated rings. The van der Waals surface area contributed by atoms with Crippen molar-refractivity contribution in [2.75, 3.05) is 12.3 Å². The Hall–Kier alpha value is -2.92. The van der Waals surface area contributed by atoms with Crippen molar-refractivity contribution in [2.45, 2.75) is 37.8 Å². The number of imidazole rings is 1. The molecule has 1 aliphatic heterocycles. The van der Waals surface area contributed by atoms with E-state index in [0.29, 0.717) is 0 Å². The number of nitrogens with zero attached hydrogens (tertiary/aromatic N) is 4. The minimum Gasteiger partial charge on any atom is -0.382 e. The van der Waals surface area contributed by atoms with Crippen LogP contribution in [0.2, 0.25) is 0 Å². The lowest BCUT2D eigenvalue weighted by atomic mass is 10.1. The van der Waals surface area contributed by atoms with Gasteiger partial charge in [-0.1, -0.05) is 60.7 Å². The van der Waals surface area contributed by atoms with Crippen LogP contribution in [-0.2, 0) is 54.3 Å². The normalized spacial score (nSPS) is 23.1. The minimum atomic E-state index is -5.74. The summed E-state index contributed by atoms with van der Waals surface area (Å²) in [5.74, 6) is 0.111. The molecular weight excluding hydrogens is 659 g/mol. The van der Waals surface area contributed by atoms with Crippen molar-refractivity contribution in [2.24, 2.45) is 0 Å². The molecular formula is C24H28N5O13P3. The summed E-state index contributed by atoms with van der Waals surface area (Å²) in [5, 5.41) is 0. The van der Waals surface area contributed by atoms with E-state index in [-0.39, 0.29) is 30.2 Å². The quantitative estimate of drug-likeness (QED) is 0.119. The topological polar surface area (TPSA) is 257 Å². The van der Waals surface area contributed by atoms with Crippen LogP contribution >= 0.6 is 23.5 Å². The van der Waals surface area contributed by atoms with E-state index in [9.17, 15) is 23.5 Å². The van der Waals surface area contributed by atoms with Gasteiger partial charge in [0.25, 0.3) is 0 Å². The van der Waals surface area contributed by atoms with Crippen LogP contribution in [0.25, 0.3) is 11.2 Å². The fourth-order valence-electron chi connectivity index (χ4n) is 4.51. The van der Waals surface area contributed by atoms with Crippen LogP contribution in [0.3, 0.4) is 0 Å². The molecule has 6 N–H and O–H groups in total. The number of nitrogens with two attached hydrogens (primary N) is 1. The standard InChI is InChI=1S/C24H28N5O13P3/c25-22-19-23(27-14-26-22)29(15-28-19)24-21(38-12-17-9-5-2-6-10-17)20(37-11-16-7-3-1-4-8-16)18(40-24)13-39-44(33,34)42-45(35,36)41-43(30,31)32/h1-10,14-15,18,20-21,24H,11-13H2,(H,33,34)(H,35,36)(H2,25,26,27)(H2,30,31,32)/t18-,20-,21-,24-/m1/s1. The molecule has 1 saturated heterocycles. The van der Waals surface area contributed by atoms with E-state index in [1.54, 1.807) is 0 Å². The van der Waals surface area contributed by atoms with Crippen molar-refractivity contribution < 1.29 is 60.6 Å². The minimum absolute atomic E-state index is 0.0539. The van der Waals surface area contributed by atoms with Crippen molar-refractivity contribution in [1.29, 1.82) is 0 Å². The van der Waals surface area contributed by atoms with Gasteiger partial charge in [-0.2, -0.15) is 8.62 Å². The second kappa shape index (κ2) is 13.8. The average Bonchev–Trinajstić information content (AvgIpc) is 3.55. The summed E-state index contributed by atoms with van der Waals surface area (Å²) in [4.78, 5) is 49.7. The zero-order valence-corrected chi connectivity index (χ0v) is 25.7. The third-order valence-corrected chi connectivity index (χ3v) is 10.1. The predicted molar refractivity (Wildman–Crippen MR) is 154 cm³/mol. The first-order valence-corrected chi connectivity index (χ1v) is 17.5. The van der Waals surface area contributed by atoms with Crippen molar-refractivity contribution in [3.8, 4) is 0 Å². The van der Waals surface area contributed by atoms with Gasteiger partial charge in [0.05, 0.1) is 26.1 Å². The summed E-state index contributed by atoms with van der Waals surface area (Å²) in [6.07, 6.45) is -1.52. The Balaban J connectivity index is 1.45. The molecule has 6 atom stereocenters. The Morgan fingerprint density at radius 1 is 0.800 bits per heavy atom. The lowest BCUT2D eigenvalue weighted by Crippen LogP contribution is -2.38. The van der Waals surface area contributed by atoms with E-state index in [0.717, 1.165) is 11.1 Å². The Kier molecular flexibility index (Phi) is 10.3. The molecule has 0 bridgehead atoms. The number of hydrogen-bond donors (Lipinski definition) is 5. The van der Waals surface area contributed by atoms with Crippen molar-refractivity contribution >= 4 is 40.4 Å². The van der Waals surface area contributed by atoms with E-state index < -0.39 is 54.6 Å². The van der Waals surface area contributed by atoms with Crippen molar-refractivity contribution in [1.82, 2.24) is 19.5 Å². The van der Waals surface area contributed by atoms with Gasteiger partial charge >= 0.3 is 23.5 Å². The molecule has 0 saturated carbocycles. The van der Waals surface area contributed by atoms with Crippen LogP contribution in [0.1, 0.15) is 17.4 Å². The van der Waals surface area contributed by atoms with E-state index in [2.05, 4.69) is 23.6 Å². The first kappa shape index (κ1) is 33.4. The Morgan fingerprint density at radius 3 is 2.00 bits per heavy atom. The molecule has 4 aromatic rings. The highest BCUT2D eigenvalue weighted by Crippen LogP contribution is 2.66. The summed E-state index contributed by atoms with van der Waals surface area (Å²) < 4.78 is 68.3. The lowest BCUT2D eigenvalue weighted by Gasteiger charge is -2.25. The maximum Gasteiger partial charge on any atom is 0.490 e. The van der Waals surface area contributed by atoms with Gasteiger partial charge in [0.2, 0.25) is 0 Å². The zero-order valence-electron chi connectivity index (χ0n) is 23.0. The maximum absolute atomic E-state index is 12.5. The molecule has 242 valence electrons. The van der Waals surface area contributed by atoms with E-state index in [1.165, 1.54) is 17.2 Å². The third-order valence-electron chi connectivity index (χ3n) is 6.34. The molecule has 3 heterocycles. The number of aromatic nitrogens is 4. The number of anilines is 1. The summed E-state index contributed by atoms with van der Waals surface area (Å²) in [6.45, 7) is -0.629. The molecule has 21 heteroatoms. The van der Waals surface area contributed by atoms with Gasteiger partial charge in [-0.15, -0.1) is 0 Å². The Morgan fingerprint density at radius 2 is 1.40 bits per heavy atom. The molecule has 0 amide bonds. The molecule has 0 spiro atoms. The molecule has 45 heavy (non-hydrogen) atoms. The van der Waals surface area contributed by atoms with E-state index in [4.69, 9.17) is 34.3 Å². The van der Waals surface area contributed by atoms with Crippen LogP contribution in [0.4, 0.5) is 5.82 Å². The molecule has 1 aliphatic rings. The lowest BCUT2D eigenvalue weighted by molar-refractivity contribution is -0.0898. The number of phosphoric ester groups is 1. The second-order valence-corrected chi connectivity index (χ2v) is 14.0. The van der Waals surface area contributed by atoms with Gasteiger partial charge in [-0.05, 0) is 11.1 Å². The predicted octanol–water partition coefficient (Wildman–Crippen LogP) is 2.82. The number of rotatable bonds is 14. The summed E-state index contributed by atoms with van der Waals surface area (Å²) in [7, 11) is -16.8. The molecule has 2 aromatic heterocycles. The van der Waals surface area contributed by atoms with E-state index >= 15 is 0 Å². The smallest absolute Gasteiger partial charge is 0.382 e. The fraction of sp³-hybridized carbons (Fsp3) is 0.292. The molecule has 0 aliphatic carbocycles. The SMILES string of the molecule is Nc1ncnc2c1ncn2[C@@H]1O[C@H](COP(=O)(O)OP(=O)(O)OP(=O)(O)O)[C@@H](OCc2ccccc2)[C@H]1OCc1ccccc1. The molecule has 2 aromatic carbocycles. The number of ether oxygens (including phenoxy) is 3. The van der Waals surface area contributed by atoms with Crippen LogP contribution in [0.5, 0.6) is 0 Å². The number of benzene rings is 2. The molecule has 5 rings (SSSR count). The van der Waals surface area contributed by atoms with Gasteiger partial charge in [-0.3, -0.25) is 9.09 Å². The summed E-state index contributed by atoms with van der Waals surface area (Å²) in [6, 6.07) is 18.3. The maximum atomic E-state index is 12.5. The monoisotopic (exact) mass is 687 g/mol. The van der Waals surface area contributed by atoms with Gasteiger partial charge in [0.1, 0.15) is 30.2 Å². The molecule has 0 radical (unpaired) electrons. The van der Waals surface area contributed by atoms with Gasteiger partial charge in [0.15, 0.2) is 17.7 Å².